The zero-order chi connectivity index (χ0) is 13.5. The molecule has 1 heterocycles. The predicted molar refractivity (Wildman–Crippen MR) is 69.7 cm³/mol. The SMILES string of the molecule is COCCN(CC(C)C)C(=O)c1cnc(Cl)cn1. The Morgan fingerprint density at radius 2 is 2.17 bits per heavy atom. The van der Waals surface area contributed by atoms with Crippen molar-refractivity contribution >= 4 is 17.5 Å². The summed E-state index contributed by atoms with van der Waals surface area (Å²) in [7, 11) is 1.61. The van der Waals surface area contributed by atoms with E-state index in [2.05, 4.69) is 23.8 Å². The van der Waals surface area contributed by atoms with Crippen LogP contribution in [0.5, 0.6) is 0 Å². The van der Waals surface area contributed by atoms with Crippen LogP contribution in [0.1, 0.15) is 24.3 Å². The van der Waals surface area contributed by atoms with Crippen LogP contribution in [0.15, 0.2) is 12.4 Å². The summed E-state index contributed by atoms with van der Waals surface area (Å²) in [4.78, 5) is 21.8. The van der Waals surface area contributed by atoms with Crippen molar-refractivity contribution < 1.29 is 9.53 Å². The Morgan fingerprint density at radius 3 is 2.67 bits per heavy atom. The molecule has 0 aliphatic carbocycles. The molecule has 0 N–H and O–H groups in total. The second kappa shape index (κ2) is 7.28. The van der Waals surface area contributed by atoms with Crippen molar-refractivity contribution in [2.45, 2.75) is 13.8 Å². The van der Waals surface area contributed by atoms with Crippen LogP contribution in [0, 0.1) is 5.92 Å². The molecule has 0 fully saturated rings. The van der Waals surface area contributed by atoms with E-state index < -0.39 is 0 Å². The number of halogens is 1. The van der Waals surface area contributed by atoms with Crippen LogP contribution in [-0.2, 0) is 4.74 Å². The molecule has 0 bridgehead atoms. The summed E-state index contributed by atoms with van der Waals surface area (Å²) in [6, 6.07) is 0. The average Bonchev–Trinajstić information content (AvgIpc) is 2.34. The second-order valence-corrected chi connectivity index (χ2v) is 4.75. The Morgan fingerprint density at radius 1 is 1.44 bits per heavy atom. The summed E-state index contributed by atoms with van der Waals surface area (Å²) in [5.74, 6) is 0.232. The Kier molecular flexibility index (Phi) is 6.01. The highest BCUT2D eigenvalue weighted by Gasteiger charge is 2.18. The topological polar surface area (TPSA) is 55.3 Å². The van der Waals surface area contributed by atoms with E-state index in [-0.39, 0.29) is 11.1 Å². The molecule has 0 saturated carbocycles. The molecule has 0 aliphatic rings. The minimum atomic E-state index is -0.148. The van der Waals surface area contributed by atoms with Gasteiger partial charge < -0.3 is 9.64 Å². The van der Waals surface area contributed by atoms with Crippen molar-refractivity contribution in [1.82, 2.24) is 14.9 Å². The third-order valence-corrected chi connectivity index (χ3v) is 2.47. The van der Waals surface area contributed by atoms with Gasteiger partial charge in [0.05, 0.1) is 19.0 Å². The molecule has 0 spiro atoms. The zero-order valence-corrected chi connectivity index (χ0v) is 11.6. The van der Waals surface area contributed by atoms with E-state index in [0.29, 0.717) is 31.3 Å². The highest BCUT2D eigenvalue weighted by Crippen LogP contribution is 2.07. The number of ether oxygens (including phenoxy) is 1. The van der Waals surface area contributed by atoms with Crippen LogP contribution in [-0.4, -0.2) is 47.6 Å². The van der Waals surface area contributed by atoms with Crippen LogP contribution < -0.4 is 0 Å². The van der Waals surface area contributed by atoms with E-state index in [9.17, 15) is 4.79 Å². The molecule has 0 aromatic carbocycles. The van der Waals surface area contributed by atoms with Crippen molar-refractivity contribution in [3.8, 4) is 0 Å². The number of nitrogens with zero attached hydrogens (tertiary/aromatic N) is 3. The molecule has 0 atom stereocenters. The van der Waals surface area contributed by atoms with Crippen molar-refractivity contribution in [1.29, 1.82) is 0 Å². The van der Waals surface area contributed by atoms with E-state index in [1.54, 1.807) is 12.0 Å². The highest BCUT2D eigenvalue weighted by atomic mass is 35.5. The number of hydrogen-bond acceptors (Lipinski definition) is 4. The van der Waals surface area contributed by atoms with Gasteiger partial charge in [-0.05, 0) is 5.92 Å². The normalized spacial score (nSPS) is 10.7. The Balaban J connectivity index is 2.77. The number of amides is 1. The van der Waals surface area contributed by atoms with Crippen LogP contribution in [0.25, 0.3) is 0 Å². The highest BCUT2D eigenvalue weighted by molar-refractivity contribution is 6.29. The van der Waals surface area contributed by atoms with Crippen molar-refractivity contribution in [2.24, 2.45) is 5.92 Å². The molecular weight excluding hydrogens is 254 g/mol. The summed E-state index contributed by atoms with van der Waals surface area (Å²) in [5, 5.41) is 0.277. The number of methoxy groups -OCH3 is 1. The smallest absolute Gasteiger partial charge is 0.274 e. The van der Waals surface area contributed by atoms with Gasteiger partial charge >= 0.3 is 0 Å². The maximum atomic E-state index is 12.2. The molecule has 0 unspecified atom stereocenters. The van der Waals surface area contributed by atoms with E-state index in [0.717, 1.165) is 0 Å². The van der Waals surface area contributed by atoms with Crippen molar-refractivity contribution in [3.63, 3.8) is 0 Å². The Labute approximate surface area is 112 Å². The van der Waals surface area contributed by atoms with Crippen LogP contribution in [0.2, 0.25) is 5.15 Å². The van der Waals surface area contributed by atoms with Crippen LogP contribution >= 0.6 is 11.6 Å². The lowest BCUT2D eigenvalue weighted by Crippen LogP contribution is -2.37. The fourth-order valence-corrected chi connectivity index (χ4v) is 1.60. The number of rotatable bonds is 6. The molecule has 1 aromatic heterocycles. The van der Waals surface area contributed by atoms with Gasteiger partial charge in [0.1, 0.15) is 10.8 Å². The van der Waals surface area contributed by atoms with Gasteiger partial charge in [0, 0.05) is 20.2 Å². The van der Waals surface area contributed by atoms with Gasteiger partial charge in [-0.3, -0.25) is 4.79 Å². The molecule has 5 nitrogen and oxygen atoms in total. The van der Waals surface area contributed by atoms with E-state index in [1.807, 2.05) is 0 Å². The largest absolute Gasteiger partial charge is 0.383 e. The lowest BCUT2D eigenvalue weighted by atomic mass is 10.2. The minimum Gasteiger partial charge on any atom is -0.383 e. The maximum Gasteiger partial charge on any atom is 0.274 e. The fourth-order valence-electron chi connectivity index (χ4n) is 1.50. The molecule has 18 heavy (non-hydrogen) atoms. The van der Waals surface area contributed by atoms with E-state index >= 15 is 0 Å². The monoisotopic (exact) mass is 271 g/mol. The number of carbonyl (C=O) groups is 1. The first-order valence-corrected chi connectivity index (χ1v) is 6.18. The summed E-state index contributed by atoms with van der Waals surface area (Å²) < 4.78 is 5.01. The Hall–Kier alpha value is -1.20. The maximum absolute atomic E-state index is 12.2. The molecule has 6 heteroatoms. The quantitative estimate of drug-likeness (QED) is 0.793. The molecule has 0 saturated heterocycles. The second-order valence-electron chi connectivity index (χ2n) is 4.36. The molecule has 0 aliphatic heterocycles. The molecular formula is C12H18ClN3O2. The molecule has 1 aromatic rings. The van der Waals surface area contributed by atoms with Gasteiger partial charge in [-0.2, -0.15) is 0 Å². The lowest BCUT2D eigenvalue weighted by Gasteiger charge is -2.23. The van der Waals surface area contributed by atoms with Crippen molar-refractivity contribution in [2.75, 3.05) is 26.8 Å². The van der Waals surface area contributed by atoms with Gasteiger partial charge in [-0.25, -0.2) is 9.97 Å². The summed E-state index contributed by atoms with van der Waals surface area (Å²) >= 11 is 5.65. The third kappa shape index (κ3) is 4.58. The number of aromatic nitrogens is 2. The summed E-state index contributed by atoms with van der Waals surface area (Å²) in [6.07, 6.45) is 2.77. The molecule has 100 valence electrons. The first-order valence-electron chi connectivity index (χ1n) is 5.80. The van der Waals surface area contributed by atoms with Crippen LogP contribution in [0.3, 0.4) is 0 Å². The van der Waals surface area contributed by atoms with Crippen molar-refractivity contribution in [3.05, 3.63) is 23.2 Å². The molecule has 0 radical (unpaired) electrons. The van der Waals surface area contributed by atoms with Crippen LogP contribution in [0.4, 0.5) is 0 Å². The van der Waals surface area contributed by atoms with Gasteiger partial charge in [0.25, 0.3) is 5.91 Å². The van der Waals surface area contributed by atoms with E-state index in [1.165, 1.54) is 12.4 Å². The standard InChI is InChI=1S/C12H18ClN3O2/c1-9(2)8-16(4-5-18-3)12(17)10-6-15-11(13)7-14-10/h6-7,9H,4-5,8H2,1-3H3. The van der Waals surface area contributed by atoms with Gasteiger partial charge in [-0.1, -0.05) is 25.4 Å². The average molecular weight is 272 g/mol. The first-order chi connectivity index (χ1) is 8.54. The summed E-state index contributed by atoms with van der Waals surface area (Å²) in [5.41, 5.74) is 0.302. The van der Waals surface area contributed by atoms with Gasteiger partial charge in [0.15, 0.2) is 0 Å². The zero-order valence-electron chi connectivity index (χ0n) is 10.9. The third-order valence-electron chi connectivity index (χ3n) is 2.28. The molecule has 1 rings (SSSR count). The summed E-state index contributed by atoms with van der Waals surface area (Å²) in [6.45, 7) is 5.81. The number of hydrogen-bond donors (Lipinski definition) is 0. The minimum absolute atomic E-state index is 0.148. The van der Waals surface area contributed by atoms with E-state index in [4.69, 9.17) is 16.3 Å². The first kappa shape index (κ1) is 14.9. The predicted octanol–water partition coefficient (Wildman–Crippen LogP) is 1.87. The molecule has 1 amide bonds. The Bertz CT molecular complexity index is 381. The number of carbonyl (C=O) groups excluding carboxylic acids is 1. The van der Waals surface area contributed by atoms with Gasteiger partial charge in [0.2, 0.25) is 0 Å². The fraction of sp³-hybridized carbons (Fsp3) is 0.583. The van der Waals surface area contributed by atoms with Gasteiger partial charge in [-0.15, -0.1) is 0 Å². The lowest BCUT2D eigenvalue weighted by molar-refractivity contribution is 0.0666.